The van der Waals surface area contributed by atoms with Gasteiger partial charge in [-0.1, -0.05) is 0 Å². The highest BCUT2D eigenvalue weighted by molar-refractivity contribution is 5.97. The number of hydrogen-bond acceptors (Lipinski definition) is 4. The van der Waals surface area contributed by atoms with E-state index in [9.17, 15) is 4.79 Å². The number of likely N-dealkylation sites (tertiary alicyclic amines) is 1. The van der Waals surface area contributed by atoms with E-state index < -0.39 is 0 Å². The molecule has 0 radical (unpaired) electrons. The largest absolute Gasteiger partial charge is 0.396 e. The fourth-order valence-electron chi connectivity index (χ4n) is 2.45. The number of nitrogens with two attached hydrogens (primary N) is 1. The highest BCUT2D eigenvalue weighted by atomic mass is 16.2. The van der Waals surface area contributed by atoms with Gasteiger partial charge >= 0.3 is 0 Å². The van der Waals surface area contributed by atoms with Crippen molar-refractivity contribution in [1.29, 1.82) is 0 Å². The van der Waals surface area contributed by atoms with E-state index in [0.717, 1.165) is 26.2 Å². The minimum Gasteiger partial charge on any atom is -0.396 e. The second-order valence-electron chi connectivity index (χ2n) is 5.04. The Kier molecular flexibility index (Phi) is 4.42. The molecule has 1 aliphatic rings. The molecule has 0 atom stereocenters. The van der Waals surface area contributed by atoms with E-state index in [-0.39, 0.29) is 5.91 Å². The number of aryl methyl sites for hydroxylation is 1. The molecule has 1 saturated heterocycles. The predicted molar refractivity (Wildman–Crippen MR) is 74.9 cm³/mol. The van der Waals surface area contributed by atoms with E-state index in [2.05, 4.69) is 10.00 Å². The molecule has 106 valence electrons. The maximum atomic E-state index is 12.4. The number of nitrogen functional groups attached to an aromatic ring is 1. The second-order valence-corrected chi connectivity index (χ2v) is 5.04. The van der Waals surface area contributed by atoms with Crippen LogP contribution in [0.5, 0.6) is 0 Å². The lowest BCUT2D eigenvalue weighted by molar-refractivity contribution is 0.0771. The van der Waals surface area contributed by atoms with Gasteiger partial charge in [0.1, 0.15) is 5.69 Å². The van der Waals surface area contributed by atoms with E-state index in [1.807, 2.05) is 14.0 Å². The van der Waals surface area contributed by atoms with Crippen LogP contribution in [0.3, 0.4) is 0 Å². The standard InChI is InChI=1S/C13H23N5O/c1-3-18-12(11(14)10-15-18)13(19)16(2)8-9-17-6-4-5-7-17/h10H,3-9,14H2,1-2H3. The van der Waals surface area contributed by atoms with Gasteiger partial charge in [0.05, 0.1) is 11.9 Å². The number of amides is 1. The maximum Gasteiger partial charge on any atom is 0.274 e. The van der Waals surface area contributed by atoms with E-state index >= 15 is 0 Å². The molecule has 0 saturated carbocycles. The highest BCUT2D eigenvalue weighted by Gasteiger charge is 2.21. The summed E-state index contributed by atoms with van der Waals surface area (Å²) in [5, 5.41) is 4.11. The summed E-state index contributed by atoms with van der Waals surface area (Å²) in [5.41, 5.74) is 6.80. The Hall–Kier alpha value is -1.56. The Balaban J connectivity index is 1.95. The van der Waals surface area contributed by atoms with E-state index in [1.165, 1.54) is 12.8 Å². The van der Waals surface area contributed by atoms with Crippen LogP contribution >= 0.6 is 0 Å². The number of hydrogen-bond donors (Lipinski definition) is 1. The average Bonchev–Trinajstić information content (AvgIpc) is 3.04. The summed E-state index contributed by atoms with van der Waals surface area (Å²) >= 11 is 0. The number of likely N-dealkylation sites (N-methyl/N-ethyl adjacent to an activating group) is 1. The third kappa shape index (κ3) is 3.07. The number of rotatable bonds is 5. The van der Waals surface area contributed by atoms with Gasteiger partial charge in [-0.2, -0.15) is 5.10 Å². The van der Waals surface area contributed by atoms with Crippen molar-refractivity contribution in [3.63, 3.8) is 0 Å². The molecule has 1 aromatic rings. The van der Waals surface area contributed by atoms with Crippen LogP contribution in [0.2, 0.25) is 0 Å². The molecule has 1 aromatic heterocycles. The molecule has 0 unspecified atom stereocenters. The summed E-state index contributed by atoms with van der Waals surface area (Å²) in [7, 11) is 1.82. The van der Waals surface area contributed by atoms with Crippen molar-refractivity contribution in [2.24, 2.45) is 0 Å². The van der Waals surface area contributed by atoms with Gasteiger partial charge in [-0.3, -0.25) is 9.48 Å². The molecule has 0 spiro atoms. The molecule has 0 aromatic carbocycles. The lowest BCUT2D eigenvalue weighted by Gasteiger charge is -2.22. The molecule has 6 heteroatoms. The predicted octanol–water partition coefficient (Wildman–Crippen LogP) is 0.653. The van der Waals surface area contributed by atoms with Crippen molar-refractivity contribution in [3.05, 3.63) is 11.9 Å². The number of anilines is 1. The Bertz CT molecular complexity index is 436. The molecule has 2 heterocycles. The Labute approximate surface area is 114 Å². The third-order valence-corrected chi connectivity index (χ3v) is 3.67. The smallest absolute Gasteiger partial charge is 0.274 e. The van der Waals surface area contributed by atoms with Crippen LogP contribution in [0.4, 0.5) is 5.69 Å². The van der Waals surface area contributed by atoms with Gasteiger partial charge in [0.25, 0.3) is 5.91 Å². The Morgan fingerprint density at radius 3 is 2.79 bits per heavy atom. The van der Waals surface area contributed by atoms with E-state index in [4.69, 9.17) is 5.73 Å². The summed E-state index contributed by atoms with van der Waals surface area (Å²) in [6.07, 6.45) is 4.09. The minimum absolute atomic E-state index is 0.0453. The van der Waals surface area contributed by atoms with Crippen molar-refractivity contribution in [1.82, 2.24) is 19.6 Å². The van der Waals surface area contributed by atoms with Gasteiger partial charge < -0.3 is 15.5 Å². The van der Waals surface area contributed by atoms with Crippen LogP contribution in [0.15, 0.2) is 6.20 Å². The first-order valence-electron chi connectivity index (χ1n) is 6.92. The zero-order valence-electron chi connectivity index (χ0n) is 11.8. The van der Waals surface area contributed by atoms with Crippen molar-refractivity contribution in [3.8, 4) is 0 Å². The van der Waals surface area contributed by atoms with Gasteiger partial charge in [0.2, 0.25) is 0 Å². The van der Waals surface area contributed by atoms with Crippen LogP contribution in [-0.2, 0) is 6.54 Å². The Morgan fingerprint density at radius 2 is 2.16 bits per heavy atom. The van der Waals surface area contributed by atoms with Crippen molar-refractivity contribution in [2.45, 2.75) is 26.3 Å². The SMILES string of the molecule is CCn1ncc(N)c1C(=O)N(C)CCN1CCCC1. The number of aromatic nitrogens is 2. The summed E-state index contributed by atoms with van der Waals surface area (Å²) in [6.45, 7) is 6.56. The molecule has 6 nitrogen and oxygen atoms in total. The molecule has 0 aliphatic carbocycles. The molecule has 1 amide bonds. The normalized spacial score (nSPS) is 15.9. The molecule has 2 rings (SSSR count). The van der Waals surface area contributed by atoms with Gasteiger partial charge in [0, 0.05) is 26.7 Å². The van der Waals surface area contributed by atoms with E-state index in [1.54, 1.807) is 15.8 Å². The monoisotopic (exact) mass is 265 g/mol. The fourth-order valence-corrected chi connectivity index (χ4v) is 2.45. The maximum absolute atomic E-state index is 12.4. The van der Waals surface area contributed by atoms with Gasteiger partial charge in [-0.05, 0) is 32.9 Å². The van der Waals surface area contributed by atoms with Crippen LogP contribution in [-0.4, -0.2) is 58.7 Å². The van der Waals surface area contributed by atoms with Gasteiger partial charge in [-0.15, -0.1) is 0 Å². The van der Waals surface area contributed by atoms with E-state index in [0.29, 0.717) is 17.9 Å². The molecule has 1 fully saturated rings. The van der Waals surface area contributed by atoms with Crippen LogP contribution in [0.1, 0.15) is 30.3 Å². The lowest BCUT2D eigenvalue weighted by atomic mass is 10.3. The van der Waals surface area contributed by atoms with Gasteiger partial charge in [-0.25, -0.2) is 0 Å². The third-order valence-electron chi connectivity index (χ3n) is 3.67. The molecular weight excluding hydrogens is 242 g/mol. The quantitative estimate of drug-likeness (QED) is 0.849. The molecular formula is C13H23N5O. The number of nitrogens with zero attached hydrogens (tertiary/aromatic N) is 4. The van der Waals surface area contributed by atoms with Crippen molar-refractivity contribution < 1.29 is 4.79 Å². The summed E-state index contributed by atoms with van der Waals surface area (Å²) in [4.78, 5) is 16.5. The fraction of sp³-hybridized carbons (Fsp3) is 0.692. The summed E-state index contributed by atoms with van der Waals surface area (Å²) < 4.78 is 1.66. The molecule has 1 aliphatic heterocycles. The number of carbonyl (C=O) groups is 1. The molecule has 19 heavy (non-hydrogen) atoms. The van der Waals surface area contributed by atoms with Gasteiger partial charge in [0.15, 0.2) is 0 Å². The van der Waals surface area contributed by atoms with Crippen molar-refractivity contribution in [2.75, 3.05) is 39.0 Å². The number of carbonyl (C=O) groups excluding carboxylic acids is 1. The van der Waals surface area contributed by atoms with Crippen molar-refractivity contribution >= 4 is 11.6 Å². The zero-order chi connectivity index (χ0) is 13.8. The zero-order valence-corrected chi connectivity index (χ0v) is 11.8. The van der Waals surface area contributed by atoms with Crippen LogP contribution < -0.4 is 5.73 Å². The van der Waals surface area contributed by atoms with Crippen LogP contribution in [0.25, 0.3) is 0 Å². The Morgan fingerprint density at radius 1 is 1.47 bits per heavy atom. The second kappa shape index (κ2) is 6.06. The van der Waals surface area contributed by atoms with Crippen LogP contribution in [0, 0.1) is 0 Å². The topological polar surface area (TPSA) is 67.4 Å². The minimum atomic E-state index is -0.0453. The molecule has 2 N–H and O–H groups in total. The molecule has 0 bridgehead atoms. The summed E-state index contributed by atoms with van der Waals surface area (Å²) in [5.74, 6) is -0.0453. The lowest BCUT2D eigenvalue weighted by Crippen LogP contribution is -2.36. The first-order chi connectivity index (χ1) is 9.13. The summed E-state index contributed by atoms with van der Waals surface area (Å²) in [6, 6.07) is 0. The first kappa shape index (κ1) is 13.9. The highest BCUT2D eigenvalue weighted by Crippen LogP contribution is 2.13. The average molecular weight is 265 g/mol. The first-order valence-corrected chi connectivity index (χ1v) is 6.92.